The Labute approximate surface area is 137 Å². The summed E-state index contributed by atoms with van der Waals surface area (Å²) in [6, 6.07) is 13.2. The minimum absolute atomic E-state index is 0.219. The molecule has 5 heteroatoms. The Balaban J connectivity index is 2.14. The molecule has 1 aromatic heterocycles. The maximum atomic E-state index is 12.4. The largest absolute Gasteiger partial charge is 0.317 e. The Bertz CT molecular complexity index is 924. The van der Waals surface area contributed by atoms with Crippen molar-refractivity contribution in [3.05, 3.63) is 63.4 Å². The van der Waals surface area contributed by atoms with Crippen LogP contribution < -0.4 is 4.80 Å². The number of benzene rings is 2. The zero-order valence-corrected chi connectivity index (χ0v) is 13.9. The zero-order chi connectivity index (χ0) is 15.7. The van der Waals surface area contributed by atoms with E-state index in [-0.39, 0.29) is 5.91 Å². The first-order valence-electron chi connectivity index (χ1n) is 7.03. The van der Waals surface area contributed by atoms with Crippen LogP contribution in [0.1, 0.15) is 22.8 Å². The third-order valence-electron chi connectivity index (χ3n) is 3.42. The van der Waals surface area contributed by atoms with Crippen LogP contribution in [0.15, 0.2) is 47.5 Å². The van der Waals surface area contributed by atoms with Gasteiger partial charge in [-0.15, -0.1) is 0 Å². The third kappa shape index (κ3) is 2.85. The van der Waals surface area contributed by atoms with Gasteiger partial charge in [-0.25, -0.2) is 0 Å². The van der Waals surface area contributed by atoms with Gasteiger partial charge in [0, 0.05) is 17.1 Å². The summed E-state index contributed by atoms with van der Waals surface area (Å²) in [7, 11) is 0. The number of nitrogens with zero attached hydrogens (tertiary/aromatic N) is 2. The van der Waals surface area contributed by atoms with Crippen LogP contribution in [0.2, 0.25) is 5.02 Å². The Hall–Kier alpha value is -1.91. The lowest BCUT2D eigenvalue weighted by atomic mass is 10.1. The van der Waals surface area contributed by atoms with Gasteiger partial charge in [-0.2, -0.15) is 4.99 Å². The number of aromatic nitrogens is 1. The van der Waals surface area contributed by atoms with Crippen LogP contribution in [0.3, 0.4) is 0 Å². The predicted octanol–water partition coefficient (Wildman–Crippen LogP) is 4.43. The molecule has 112 valence electrons. The van der Waals surface area contributed by atoms with Crippen LogP contribution in [-0.2, 0) is 6.54 Å². The van der Waals surface area contributed by atoms with E-state index in [1.54, 1.807) is 6.07 Å². The van der Waals surface area contributed by atoms with Crippen molar-refractivity contribution >= 4 is 39.1 Å². The van der Waals surface area contributed by atoms with Gasteiger partial charge >= 0.3 is 0 Å². The number of aryl methyl sites for hydroxylation is 2. The Kier molecular flexibility index (Phi) is 4.14. The molecule has 2 aromatic carbocycles. The van der Waals surface area contributed by atoms with E-state index in [2.05, 4.69) is 4.99 Å². The summed E-state index contributed by atoms with van der Waals surface area (Å²) in [4.78, 5) is 17.4. The molecule has 22 heavy (non-hydrogen) atoms. The Morgan fingerprint density at radius 3 is 2.82 bits per heavy atom. The van der Waals surface area contributed by atoms with E-state index in [0.29, 0.717) is 15.4 Å². The van der Waals surface area contributed by atoms with Crippen molar-refractivity contribution in [2.24, 2.45) is 4.99 Å². The van der Waals surface area contributed by atoms with E-state index in [4.69, 9.17) is 11.6 Å². The Morgan fingerprint density at radius 2 is 2.09 bits per heavy atom. The van der Waals surface area contributed by atoms with Crippen LogP contribution in [0.5, 0.6) is 0 Å². The predicted molar refractivity (Wildman–Crippen MR) is 91.6 cm³/mol. The maximum Gasteiger partial charge on any atom is 0.279 e. The molecule has 1 heterocycles. The van der Waals surface area contributed by atoms with Gasteiger partial charge in [0.05, 0.1) is 10.2 Å². The van der Waals surface area contributed by atoms with Crippen LogP contribution in [0, 0.1) is 6.92 Å². The molecule has 0 radical (unpaired) electrons. The van der Waals surface area contributed by atoms with Crippen molar-refractivity contribution in [2.75, 3.05) is 0 Å². The van der Waals surface area contributed by atoms with Gasteiger partial charge in [-0.05, 0) is 44.2 Å². The average Bonchev–Trinajstić information content (AvgIpc) is 2.83. The fraction of sp³-hybridized carbons (Fsp3) is 0.176. The lowest BCUT2D eigenvalue weighted by Gasteiger charge is -2.00. The van der Waals surface area contributed by atoms with E-state index >= 15 is 0 Å². The van der Waals surface area contributed by atoms with Crippen LogP contribution >= 0.6 is 22.9 Å². The molecule has 1 amide bonds. The normalized spacial score (nSPS) is 12.0. The first-order chi connectivity index (χ1) is 10.6. The van der Waals surface area contributed by atoms with Crippen molar-refractivity contribution in [1.29, 1.82) is 0 Å². The third-order valence-corrected chi connectivity index (χ3v) is 4.70. The molecule has 0 spiro atoms. The lowest BCUT2D eigenvalue weighted by molar-refractivity contribution is 0.0998. The van der Waals surface area contributed by atoms with Gasteiger partial charge in [0.2, 0.25) is 0 Å². The van der Waals surface area contributed by atoms with Crippen molar-refractivity contribution in [3.63, 3.8) is 0 Å². The van der Waals surface area contributed by atoms with Gasteiger partial charge in [0.25, 0.3) is 5.91 Å². The van der Waals surface area contributed by atoms with Gasteiger partial charge in [0.15, 0.2) is 4.80 Å². The van der Waals surface area contributed by atoms with Crippen molar-refractivity contribution in [3.8, 4) is 0 Å². The van der Waals surface area contributed by atoms with Crippen molar-refractivity contribution in [2.45, 2.75) is 20.4 Å². The van der Waals surface area contributed by atoms with Gasteiger partial charge < -0.3 is 4.57 Å². The summed E-state index contributed by atoms with van der Waals surface area (Å²) in [5.41, 5.74) is 2.71. The molecule has 0 saturated carbocycles. The molecule has 3 nitrogen and oxygen atoms in total. The summed E-state index contributed by atoms with van der Waals surface area (Å²) in [5.74, 6) is -0.219. The summed E-state index contributed by atoms with van der Waals surface area (Å²) >= 11 is 7.52. The fourth-order valence-electron chi connectivity index (χ4n) is 2.37. The number of fused-ring (bicyclic) bond motifs is 1. The molecule has 0 bridgehead atoms. The molecular formula is C17H15ClN2OS. The summed E-state index contributed by atoms with van der Waals surface area (Å²) in [6.07, 6.45) is 0. The molecule has 0 N–H and O–H groups in total. The van der Waals surface area contributed by atoms with Crippen molar-refractivity contribution in [1.82, 2.24) is 4.57 Å². The number of rotatable bonds is 2. The topological polar surface area (TPSA) is 34.4 Å². The molecular weight excluding hydrogens is 316 g/mol. The number of thiazole rings is 1. The highest BCUT2D eigenvalue weighted by Gasteiger charge is 2.08. The molecule has 0 aliphatic rings. The number of hydrogen-bond acceptors (Lipinski definition) is 2. The monoisotopic (exact) mass is 330 g/mol. The molecule has 0 aliphatic heterocycles. The van der Waals surface area contributed by atoms with Gasteiger partial charge in [-0.1, -0.05) is 40.6 Å². The second kappa shape index (κ2) is 6.07. The number of carbonyl (C=O) groups excluding carboxylic acids is 1. The highest BCUT2D eigenvalue weighted by atomic mass is 35.5. The van der Waals surface area contributed by atoms with E-state index in [1.807, 2.05) is 54.8 Å². The summed E-state index contributed by atoms with van der Waals surface area (Å²) in [5, 5.41) is 0.688. The van der Waals surface area contributed by atoms with Gasteiger partial charge in [-0.3, -0.25) is 4.79 Å². The lowest BCUT2D eigenvalue weighted by Crippen LogP contribution is -2.15. The average molecular weight is 331 g/mol. The SMILES string of the molecule is CCn1c(=NC(=O)c2cccc(C)c2)sc2cc(Cl)ccc21. The number of hydrogen-bond donors (Lipinski definition) is 0. The molecule has 3 rings (SSSR count). The summed E-state index contributed by atoms with van der Waals surface area (Å²) < 4.78 is 3.06. The first-order valence-corrected chi connectivity index (χ1v) is 8.22. The van der Waals surface area contributed by atoms with E-state index in [1.165, 1.54) is 11.3 Å². The number of amides is 1. The highest BCUT2D eigenvalue weighted by Crippen LogP contribution is 2.21. The van der Waals surface area contributed by atoms with E-state index in [0.717, 1.165) is 22.3 Å². The zero-order valence-electron chi connectivity index (χ0n) is 12.3. The highest BCUT2D eigenvalue weighted by molar-refractivity contribution is 7.16. The quantitative estimate of drug-likeness (QED) is 0.684. The fourth-order valence-corrected chi connectivity index (χ4v) is 3.74. The van der Waals surface area contributed by atoms with Crippen LogP contribution in [0.4, 0.5) is 0 Å². The minimum atomic E-state index is -0.219. The van der Waals surface area contributed by atoms with Gasteiger partial charge in [0.1, 0.15) is 0 Å². The molecule has 0 atom stereocenters. The molecule has 0 fully saturated rings. The number of halogens is 1. The first kappa shape index (κ1) is 15.0. The molecule has 0 aliphatic carbocycles. The molecule has 0 unspecified atom stereocenters. The summed E-state index contributed by atoms with van der Waals surface area (Å²) in [6.45, 7) is 4.75. The Morgan fingerprint density at radius 1 is 1.27 bits per heavy atom. The van der Waals surface area contributed by atoms with E-state index in [9.17, 15) is 4.79 Å². The van der Waals surface area contributed by atoms with Crippen LogP contribution in [-0.4, -0.2) is 10.5 Å². The van der Waals surface area contributed by atoms with E-state index < -0.39 is 0 Å². The molecule has 0 saturated heterocycles. The smallest absolute Gasteiger partial charge is 0.279 e. The van der Waals surface area contributed by atoms with Crippen molar-refractivity contribution < 1.29 is 4.79 Å². The molecule has 3 aromatic rings. The second-order valence-electron chi connectivity index (χ2n) is 5.03. The second-order valence-corrected chi connectivity index (χ2v) is 6.47. The minimum Gasteiger partial charge on any atom is -0.317 e. The maximum absolute atomic E-state index is 12.4. The number of carbonyl (C=O) groups is 1. The standard InChI is InChI=1S/C17H15ClN2OS/c1-3-20-14-8-7-13(18)10-15(14)22-17(20)19-16(21)12-6-4-5-11(2)9-12/h4-10H,3H2,1-2H3. The van der Waals surface area contributed by atoms with Crippen LogP contribution in [0.25, 0.3) is 10.2 Å².